The van der Waals surface area contributed by atoms with Gasteiger partial charge in [-0.15, -0.1) is 0 Å². The monoisotopic (exact) mass is 339 g/mol. The molecule has 0 bridgehead atoms. The Morgan fingerprint density at radius 1 is 1.28 bits per heavy atom. The van der Waals surface area contributed by atoms with Gasteiger partial charge in [0.2, 0.25) is 0 Å². The smallest absolute Gasteiger partial charge is 0.343 e. The number of anilines is 1. The molecule has 0 N–H and O–H groups in total. The predicted octanol–water partition coefficient (Wildman–Crippen LogP) is 1.85. The zero-order valence-electron chi connectivity index (χ0n) is 14.5. The van der Waals surface area contributed by atoms with Crippen LogP contribution >= 0.6 is 0 Å². The Kier molecular flexibility index (Phi) is 3.86. The number of aryl methyl sites for hydroxylation is 2. The SMILES string of the molecule is COC(=O)c1cncnc1N1CCCC2(CCc3cnc(C)nc32)C1. The molecule has 0 radical (unpaired) electrons. The Labute approximate surface area is 146 Å². The lowest BCUT2D eigenvalue weighted by atomic mass is 9.77. The van der Waals surface area contributed by atoms with Gasteiger partial charge in [-0.2, -0.15) is 0 Å². The number of fused-ring (bicyclic) bond motifs is 2. The molecule has 2 aliphatic rings. The summed E-state index contributed by atoms with van der Waals surface area (Å²) in [4.78, 5) is 31.8. The van der Waals surface area contributed by atoms with Crippen LogP contribution in [0.5, 0.6) is 0 Å². The summed E-state index contributed by atoms with van der Waals surface area (Å²) < 4.78 is 4.89. The first kappa shape index (κ1) is 15.9. The van der Waals surface area contributed by atoms with Gasteiger partial charge < -0.3 is 9.64 Å². The molecule has 2 aromatic rings. The van der Waals surface area contributed by atoms with E-state index in [9.17, 15) is 4.79 Å². The highest BCUT2D eigenvalue weighted by Crippen LogP contribution is 2.44. The van der Waals surface area contributed by atoms with E-state index in [1.54, 1.807) is 0 Å². The number of nitrogens with zero attached hydrogens (tertiary/aromatic N) is 5. The van der Waals surface area contributed by atoms with Crippen LogP contribution in [0.4, 0.5) is 5.82 Å². The zero-order valence-corrected chi connectivity index (χ0v) is 14.5. The minimum absolute atomic E-state index is 0.0135. The summed E-state index contributed by atoms with van der Waals surface area (Å²) in [6, 6.07) is 0. The van der Waals surface area contributed by atoms with Crippen LogP contribution in [-0.4, -0.2) is 46.1 Å². The van der Waals surface area contributed by atoms with Crippen LogP contribution < -0.4 is 4.90 Å². The zero-order chi connectivity index (χ0) is 17.4. The highest BCUT2D eigenvalue weighted by atomic mass is 16.5. The van der Waals surface area contributed by atoms with E-state index in [-0.39, 0.29) is 5.41 Å². The van der Waals surface area contributed by atoms with Crippen molar-refractivity contribution in [2.24, 2.45) is 0 Å². The van der Waals surface area contributed by atoms with Crippen LogP contribution in [0.15, 0.2) is 18.7 Å². The number of esters is 1. The second-order valence-corrected chi connectivity index (χ2v) is 6.85. The third-order valence-electron chi connectivity index (χ3n) is 5.33. The molecule has 7 heteroatoms. The second kappa shape index (κ2) is 6.06. The van der Waals surface area contributed by atoms with Crippen LogP contribution in [0.2, 0.25) is 0 Å². The largest absolute Gasteiger partial charge is 0.465 e. The average molecular weight is 339 g/mol. The number of rotatable bonds is 2. The molecule has 7 nitrogen and oxygen atoms in total. The third kappa shape index (κ3) is 2.63. The van der Waals surface area contributed by atoms with E-state index < -0.39 is 5.97 Å². The summed E-state index contributed by atoms with van der Waals surface area (Å²) in [6.07, 6.45) is 9.20. The maximum absolute atomic E-state index is 12.1. The number of ether oxygens (including phenoxy) is 1. The van der Waals surface area contributed by atoms with Crippen molar-refractivity contribution in [2.75, 3.05) is 25.1 Å². The maximum atomic E-state index is 12.1. The molecule has 1 aliphatic heterocycles. The number of hydrogen-bond donors (Lipinski definition) is 0. The normalized spacial score (nSPS) is 22.1. The van der Waals surface area contributed by atoms with Crippen LogP contribution in [-0.2, 0) is 16.6 Å². The van der Waals surface area contributed by atoms with E-state index >= 15 is 0 Å². The van der Waals surface area contributed by atoms with Gasteiger partial charge in [0.25, 0.3) is 0 Å². The van der Waals surface area contributed by atoms with Crippen molar-refractivity contribution in [3.8, 4) is 0 Å². The highest BCUT2D eigenvalue weighted by Gasteiger charge is 2.44. The molecule has 3 heterocycles. The molecule has 2 aromatic heterocycles. The molecule has 1 unspecified atom stereocenters. The topological polar surface area (TPSA) is 81.1 Å². The van der Waals surface area contributed by atoms with E-state index in [1.165, 1.54) is 30.9 Å². The fourth-order valence-corrected chi connectivity index (χ4v) is 4.17. The van der Waals surface area contributed by atoms with Gasteiger partial charge in [-0.1, -0.05) is 0 Å². The van der Waals surface area contributed by atoms with Gasteiger partial charge in [0.05, 0.1) is 12.8 Å². The first-order valence-corrected chi connectivity index (χ1v) is 8.59. The Balaban J connectivity index is 1.70. The minimum atomic E-state index is -0.403. The van der Waals surface area contributed by atoms with E-state index in [4.69, 9.17) is 9.72 Å². The number of methoxy groups -OCH3 is 1. The Morgan fingerprint density at radius 3 is 3.00 bits per heavy atom. The lowest BCUT2D eigenvalue weighted by Gasteiger charge is -2.41. The van der Waals surface area contributed by atoms with Gasteiger partial charge in [0.15, 0.2) is 0 Å². The summed E-state index contributed by atoms with van der Waals surface area (Å²) in [7, 11) is 1.38. The van der Waals surface area contributed by atoms with Crippen LogP contribution in [0.1, 0.15) is 46.7 Å². The molecule has 25 heavy (non-hydrogen) atoms. The van der Waals surface area contributed by atoms with Gasteiger partial charge in [0.1, 0.15) is 23.5 Å². The quantitative estimate of drug-likeness (QED) is 0.772. The van der Waals surface area contributed by atoms with Gasteiger partial charge in [-0.25, -0.2) is 24.7 Å². The standard InChI is InChI=1S/C18H21N5O2/c1-12-20-8-13-4-6-18(15(13)22-12)5-3-7-23(10-18)16-14(17(24)25-2)9-19-11-21-16/h8-9,11H,3-7,10H2,1-2H3. The number of piperidine rings is 1. The Hall–Kier alpha value is -2.57. The molecule has 4 rings (SSSR count). The van der Waals surface area contributed by atoms with E-state index in [1.807, 2.05) is 13.1 Å². The Morgan fingerprint density at radius 2 is 2.16 bits per heavy atom. The van der Waals surface area contributed by atoms with Gasteiger partial charge in [0, 0.05) is 30.9 Å². The summed E-state index contributed by atoms with van der Waals surface area (Å²) in [5.41, 5.74) is 2.86. The van der Waals surface area contributed by atoms with E-state index in [0.717, 1.165) is 44.6 Å². The molecule has 0 amide bonds. The summed E-state index contributed by atoms with van der Waals surface area (Å²) >= 11 is 0. The Bertz CT molecular complexity index is 821. The van der Waals surface area contributed by atoms with Gasteiger partial charge in [-0.05, 0) is 38.2 Å². The molecule has 0 saturated carbocycles. The predicted molar refractivity (Wildman–Crippen MR) is 91.6 cm³/mol. The minimum Gasteiger partial charge on any atom is -0.465 e. The maximum Gasteiger partial charge on any atom is 0.343 e. The highest BCUT2D eigenvalue weighted by molar-refractivity contribution is 5.94. The summed E-state index contributed by atoms with van der Waals surface area (Å²) in [5, 5.41) is 0. The molecular formula is C18H21N5O2. The molecule has 0 aromatic carbocycles. The van der Waals surface area contributed by atoms with Crippen LogP contribution in [0, 0.1) is 6.92 Å². The number of hydrogen-bond acceptors (Lipinski definition) is 7. The van der Waals surface area contributed by atoms with E-state index in [2.05, 4.69) is 19.9 Å². The first-order valence-electron chi connectivity index (χ1n) is 8.59. The number of carbonyl (C=O) groups is 1. The van der Waals surface area contributed by atoms with E-state index in [0.29, 0.717) is 11.4 Å². The molecule has 130 valence electrons. The van der Waals surface area contributed by atoms with Crippen molar-refractivity contribution < 1.29 is 9.53 Å². The summed E-state index contributed by atoms with van der Waals surface area (Å²) in [6.45, 7) is 3.60. The molecule has 1 atom stereocenters. The molecule has 1 aliphatic carbocycles. The lowest BCUT2D eigenvalue weighted by Crippen LogP contribution is -2.46. The second-order valence-electron chi connectivity index (χ2n) is 6.85. The van der Waals surface area contributed by atoms with Gasteiger partial charge in [-0.3, -0.25) is 0 Å². The first-order chi connectivity index (χ1) is 12.1. The van der Waals surface area contributed by atoms with Crippen LogP contribution in [0.25, 0.3) is 0 Å². The van der Waals surface area contributed by atoms with Crippen molar-refractivity contribution >= 4 is 11.8 Å². The molecule has 1 fully saturated rings. The van der Waals surface area contributed by atoms with Crippen molar-refractivity contribution in [1.29, 1.82) is 0 Å². The molecule has 1 saturated heterocycles. The van der Waals surface area contributed by atoms with Crippen molar-refractivity contribution in [1.82, 2.24) is 19.9 Å². The number of carbonyl (C=O) groups excluding carboxylic acids is 1. The lowest BCUT2D eigenvalue weighted by molar-refractivity contribution is 0.0600. The molecular weight excluding hydrogens is 318 g/mol. The average Bonchev–Trinajstić information content (AvgIpc) is 2.98. The van der Waals surface area contributed by atoms with Crippen LogP contribution in [0.3, 0.4) is 0 Å². The van der Waals surface area contributed by atoms with Crippen molar-refractivity contribution in [2.45, 2.75) is 38.0 Å². The van der Waals surface area contributed by atoms with Crippen molar-refractivity contribution in [3.63, 3.8) is 0 Å². The fraction of sp³-hybridized carbons (Fsp3) is 0.500. The van der Waals surface area contributed by atoms with Gasteiger partial charge >= 0.3 is 5.97 Å². The summed E-state index contributed by atoms with van der Waals surface area (Å²) in [5.74, 6) is 1.06. The molecule has 1 spiro atoms. The fourth-order valence-electron chi connectivity index (χ4n) is 4.17. The number of aromatic nitrogens is 4. The van der Waals surface area contributed by atoms with Crippen molar-refractivity contribution in [3.05, 3.63) is 41.4 Å². The third-order valence-corrected chi connectivity index (χ3v) is 5.33.